The van der Waals surface area contributed by atoms with E-state index in [0.29, 0.717) is 6.54 Å². The van der Waals surface area contributed by atoms with E-state index in [-0.39, 0.29) is 0 Å². The Morgan fingerprint density at radius 2 is 2.40 bits per heavy atom. The number of rotatable bonds is 3. The first kappa shape index (κ1) is 8.02. The molecule has 1 aliphatic rings. The molecule has 0 aromatic rings. The van der Waals surface area contributed by atoms with Crippen LogP contribution in [0.15, 0.2) is 0 Å². The summed E-state index contributed by atoms with van der Waals surface area (Å²) in [7, 11) is 0. The fourth-order valence-corrected chi connectivity index (χ4v) is 1.56. The van der Waals surface area contributed by atoms with Crippen LogP contribution in [-0.4, -0.2) is 19.6 Å². The predicted molar refractivity (Wildman–Crippen MR) is 42.8 cm³/mol. The largest absolute Gasteiger partial charge is 0.316 e. The van der Waals surface area contributed by atoms with Crippen molar-refractivity contribution in [2.45, 2.75) is 25.7 Å². The zero-order valence-electron chi connectivity index (χ0n) is 6.53. The van der Waals surface area contributed by atoms with E-state index in [1.165, 1.54) is 32.4 Å². The van der Waals surface area contributed by atoms with E-state index in [1.54, 1.807) is 0 Å². The predicted octanol–water partition coefficient (Wildman–Crippen LogP) is 1.05. The van der Waals surface area contributed by atoms with Crippen LogP contribution in [-0.2, 0) is 0 Å². The summed E-state index contributed by atoms with van der Waals surface area (Å²) >= 11 is 0. The topological polar surface area (TPSA) is 35.8 Å². The summed E-state index contributed by atoms with van der Waals surface area (Å²) in [5.74, 6) is 0.874. The minimum absolute atomic E-state index is 0.608. The Hall–Kier alpha value is -0.0800. The van der Waals surface area contributed by atoms with Crippen LogP contribution in [0.4, 0.5) is 0 Å². The SMILES string of the molecule is [NH]CCCC1CCCNC1. The van der Waals surface area contributed by atoms with Gasteiger partial charge in [0.1, 0.15) is 0 Å². The molecule has 0 saturated carbocycles. The van der Waals surface area contributed by atoms with Crippen molar-refractivity contribution < 1.29 is 0 Å². The highest BCUT2D eigenvalue weighted by Gasteiger charge is 2.11. The normalized spacial score (nSPS) is 26.7. The van der Waals surface area contributed by atoms with Crippen molar-refractivity contribution in [3.63, 3.8) is 0 Å². The van der Waals surface area contributed by atoms with Crippen molar-refractivity contribution in [1.29, 1.82) is 0 Å². The molecule has 1 aliphatic heterocycles. The van der Waals surface area contributed by atoms with Gasteiger partial charge < -0.3 is 5.32 Å². The summed E-state index contributed by atoms with van der Waals surface area (Å²) in [6.45, 7) is 3.01. The first-order valence-electron chi connectivity index (χ1n) is 4.29. The molecule has 1 atom stereocenters. The third-order valence-corrected chi connectivity index (χ3v) is 2.19. The molecule has 0 amide bonds. The maximum absolute atomic E-state index is 7.00. The third-order valence-electron chi connectivity index (χ3n) is 2.19. The Labute approximate surface area is 63.2 Å². The first-order chi connectivity index (χ1) is 4.93. The lowest BCUT2D eigenvalue weighted by Gasteiger charge is -2.21. The zero-order valence-corrected chi connectivity index (χ0v) is 6.53. The molecular weight excluding hydrogens is 124 g/mol. The van der Waals surface area contributed by atoms with Crippen molar-refractivity contribution in [1.82, 2.24) is 11.1 Å². The summed E-state index contributed by atoms with van der Waals surface area (Å²) in [6, 6.07) is 0. The quantitative estimate of drug-likeness (QED) is 0.626. The van der Waals surface area contributed by atoms with Gasteiger partial charge in [-0.3, -0.25) is 5.73 Å². The Morgan fingerprint density at radius 1 is 1.50 bits per heavy atom. The van der Waals surface area contributed by atoms with Gasteiger partial charge in [-0.2, -0.15) is 0 Å². The van der Waals surface area contributed by atoms with Crippen molar-refractivity contribution >= 4 is 0 Å². The highest BCUT2D eigenvalue weighted by atomic mass is 14.9. The van der Waals surface area contributed by atoms with E-state index in [0.717, 1.165) is 12.3 Å². The van der Waals surface area contributed by atoms with Crippen LogP contribution in [0, 0.1) is 5.92 Å². The van der Waals surface area contributed by atoms with E-state index in [2.05, 4.69) is 5.32 Å². The maximum atomic E-state index is 7.00. The van der Waals surface area contributed by atoms with Crippen LogP contribution >= 0.6 is 0 Å². The number of nitrogens with one attached hydrogen (secondary N) is 2. The van der Waals surface area contributed by atoms with Crippen LogP contribution in [0.2, 0.25) is 0 Å². The highest BCUT2D eigenvalue weighted by molar-refractivity contribution is 4.68. The lowest BCUT2D eigenvalue weighted by molar-refractivity contribution is 0.352. The van der Waals surface area contributed by atoms with E-state index in [9.17, 15) is 0 Å². The Bertz CT molecular complexity index is 77.3. The van der Waals surface area contributed by atoms with Gasteiger partial charge in [0, 0.05) is 6.54 Å². The summed E-state index contributed by atoms with van der Waals surface area (Å²) in [5.41, 5.74) is 7.00. The molecule has 1 rings (SSSR count). The average molecular weight is 141 g/mol. The minimum Gasteiger partial charge on any atom is -0.316 e. The van der Waals surface area contributed by atoms with Crippen LogP contribution in [0.25, 0.3) is 0 Å². The van der Waals surface area contributed by atoms with E-state index >= 15 is 0 Å². The second-order valence-electron chi connectivity index (χ2n) is 3.10. The molecule has 2 N–H and O–H groups in total. The van der Waals surface area contributed by atoms with Crippen LogP contribution in [0.5, 0.6) is 0 Å². The molecule has 1 radical (unpaired) electrons. The Morgan fingerprint density at radius 3 is 3.00 bits per heavy atom. The molecule has 1 heterocycles. The second kappa shape index (κ2) is 4.69. The molecule has 0 bridgehead atoms. The zero-order chi connectivity index (χ0) is 7.23. The van der Waals surface area contributed by atoms with Gasteiger partial charge in [-0.15, -0.1) is 0 Å². The van der Waals surface area contributed by atoms with Gasteiger partial charge in [-0.25, -0.2) is 0 Å². The van der Waals surface area contributed by atoms with E-state index in [4.69, 9.17) is 5.73 Å². The van der Waals surface area contributed by atoms with Crippen molar-refractivity contribution in [2.75, 3.05) is 19.6 Å². The highest BCUT2D eigenvalue weighted by Crippen LogP contribution is 2.14. The Balaban J connectivity index is 2.02. The molecule has 59 valence electrons. The average Bonchev–Trinajstić information content (AvgIpc) is 2.03. The maximum Gasteiger partial charge on any atom is 0.00998 e. The molecule has 10 heavy (non-hydrogen) atoms. The summed E-state index contributed by atoms with van der Waals surface area (Å²) in [5, 5.41) is 3.38. The van der Waals surface area contributed by atoms with Gasteiger partial charge in [0.05, 0.1) is 0 Å². The summed E-state index contributed by atoms with van der Waals surface area (Å²) in [6.07, 6.45) is 5.07. The first-order valence-corrected chi connectivity index (χ1v) is 4.29. The Kier molecular flexibility index (Phi) is 3.76. The molecule has 0 aromatic carbocycles. The van der Waals surface area contributed by atoms with Gasteiger partial charge in [-0.1, -0.05) is 0 Å². The van der Waals surface area contributed by atoms with Gasteiger partial charge >= 0.3 is 0 Å². The number of hydrogen-bond acceptors (Lipinski definition) is 1. The third kappa shape index (κ3) is 2.67. The van der Waals surface area contributed by atoms with Gasteiger partial charge in [-0.05, 0) is 44.7 Å². The van der Waals surface area contributed by atoms with Gasteiger partial charge in [0.2, 0.25) is 0 Å². The van der Waals surface area contributed by atoms with Crippen LogP contribution in [0.1, 0.15) is 25.7 Å². The number of piperidine rings is 1. The molecule has 2 nitrogen and oxygen atoms in total. The van der Waals surface area contributed by atoms with Gasteiger partial charge in [0.15, 0.2) is 0 Å². The number of hydrogen-bond donors (Lipinski definition) is 1. The van der Waals surface area contributed by atoms with Crippen molar-refractivity contribution in [3.05, 3.63) is 0 Å². The molecule has 1 saturated heterocycles. The smallest absolute Gasteiger partial charge is 0.00998 e. The van der Waals surface area contributed by atoms with E-state index in [1.807, 2.05) is 0 Å². The minimum atomic E-state index is 0.608. The molecule has 0 spiro atoms. The fraction of sp³-hybridized carbons (Fsp3) is 1.00. The van der Waals surface area contributed by atoms with Crippen molar-refractivity contribution in [3.8, 4) is 0 Å². The molecule has 0 aromatic heterocycles. The van der Waals surface area contributed by atoms with Crippen molar-refractivity contribution in [2.24, 2.45) is 5.92 Å². The molecule has 0 aliphatic carbocycles. The molecular formula is C8H17N2. The van der Waals surface area contributed by atoms with Crippen LogP contribution < -0.4 is 11.1 Å². The van der Waals surface area contributed by atoms with Crippen LogP contribution in [0.3, 0.4) is 0 Å². The molecule has 1 fully saturated rings. The molecule has 1 unspecified atom stereocenters. The lowest BCUT2D eigenvalue weighted by atomic mass is 9.95. The standard InChI is InChI=1S/C8H17N2/c9-5-1-3-8-4-2-6-10-7-8/h8-10H,1-7H2. The second-order valence-corrected chi connectivity index (χ2v) is 3.10. The molecule has 2 heteroatoms. The van der Waals surface area contributed by atoms with E-state index < -0.39 is 0 Å². The lowest BCUT2D eigenvalue weighted by Crippen LogP contribution is -2.29. The summed E-state index contributed by atoms with van der Waals surface area (Å²) in [4.78, 5) is 0. The fourth-order valence-electron chi connectivity index (χ4n) is 1.56. The van der Waals surface area contributed by atoms with Gasteiger partial charge in [0.25, 0.3) is 0 Å². The summed E-state index contributed by atoms with van der Waals surface area (Å²) < 4.78 is 0. The monoisotopic (exact) mass is 141 g/mol.